The van der Waals surface area contributed by atoms with E-state index in [1.807, 2.05) is 0 Å². The van der Waals surface area contributed by atoms with Gasteiger partial charge < -0.3 is 32.9 Å². The quantitative estimate of drug-likeness (QED) is 0.363. The molecule has 0 aromatic heterocycles. The van der Waals surface area contributed by atoms with Gasteiger partial charge in [-0.3, -0.25) is 0 Å². The maximum Gasteiger partial charge on any atom is 0.187 e. The Kier molecular flexibility index (Phi) is 37700. The Balaban J connectivity index is 0. The van der Waals surface area contributed by atoms with Gasteiger partial charge in [-0.1, -0.05) is 0 Å². The number of halogens is 1. The van der Waals surface area contributed by atoms with Crippen molar-refractivity contribution in [2.24, 2.45) is 0 Å². The Bertz CT molecular complexity index is 13.0. The van der Waals surface area contributed by atoms with E-state index in [0.717, 1.165) is 0 Å². The molecule has 9 heteroatoms. The standard InChI is InChI=1S/Al.ClH.Cu.6H2O.3H/h;1H;;6*1H2;;;. The van der Waals surface area contributed by atoms with E-state index in [1.165, 1.54) is 0 Å². The van der Waals surface area contributed by atoms with Crippen LogP contribution in [0.5, 0.6) is 0 Å². The first-order valence-electron chi connectivity index (χ1n) is 0. The summed E-state index contributed by atoms with van der Waals surface area (Å²) < 4.78 is 0. The maximum atomic E-state index is 0. The first kappa shape index (κ1) is 689. The molecule has 9 heavy (non-hydrogen) atoms. The van der Waals surface area contributed by atoms with Crippen molar-refractivity contribution in [2.45, 2.75) is 0 Å². The van der Waals surface area contributed by atoms with E-state index < -0.39 is 0 Å². The third-order valence-corrected chi connectivity index (χ3v) is 0. The second kappa shape index (κ2) is 492. The van der Waals surface area contributed by atoms with Crippen LogP contribution in [0.4, 0.5) is 0 Å². The Morgan fingerprint density at radius 1 is 0.444 bits per heavy atom. The van der Waals surface area contributed by atoms with Gasteiger partial charge in [0.25, 0.3) is 0 Å². The summed E-state index contributed by atoms with van der Waals surface area (Å²) in [7, 11) is 0. The molecule has 0 aromatic carbocycles. The summed E-state index contributed by atoms with van der Waals surface area (Å²) in [5.74, 6) is 0. The minimum atomic E-state index is 0. The molecule has 0 saturated carbocycles. The van der Waals surface area contributed by atoms with Crippen LogP contribution >= 0.6 is 12.4 Å². The number of hydrogen-bond acceptors (Lipinski definition) is 0. The zero-order valence-corrected chi connectivity index (χ0v) is 5.47. The average molecular weight is 238 g/mol. The molecule has 0 spiro atoms. The van der Waals surface area contributed by atoms with Crippen LogP contribution in [0.25, 0.3) is 0 Å². The van der Waals surface area contributed by atoms with Gasteiger partial charge in [-0.25, -0.2) is 0 Å². The zero-order valence-electron chi connectivity index (χ0n) is 3.71. The zero-order chi connectivity index (χ0) is 0. The van der Waals surface area contributed by atoms with Crippen molar-refractivity contribution in [3.05, 3.63) is 0 Å². The van der Waals surface area contributed by atoms with E-state index in [9.17, 15) is 0 Å². The Morgan fingerprint density at radius 2 is 0.444 bits per heavy atom. The number of hydrogen-bond donors (Lipinski definition) is 0. The van der Waals surface area contributed by atoms with Crippen LogP contribution in [0.15, 0.2) is 0 Å². The second-order valence-corrected chi connectivity index (χ2v) is 0. The SMILES string of the molecule is Cl.O.O.O.O.O.O.[AlH3].[Cu]. The Morgan fingerprint density at radius 3 is 0.444 bits per heavy atom. The van der Waals surface area contributed by atoms with E-state index in [1.54, 1.807) is 0 Å². The molecule has 0 aliphatic carbocycles. The summed E-state index contributed by atoms with van der Waals surface area (Å²) >= 11 is 0. The summed E-state index contributed by atoms with van der Waals surface area (Å²) in [6.07, 6.45) is 0. The van der Waals surface area contributed by atoms with Gasteiger partial charge in [0.2, 0.25) is 0 Å². The predicted molar refractivity (Wildman–Crippen MR) is 38.9 cm³/mol. The fourth-order valence-corrected chi connectivity index (χ4v) is 0. The van der Waals surface area contributed by atoms with Crippen molar-refractivity contribution in [3.8, 4) is 0 Å². The van der Waals surface area contributed by atoms with Gasteiger partial charge in [-0.05, 0) is 0 Å². The van der Waals surface area contributed by atoms with E-state index in [0.29, 0.717) is 0 Å². The molecule has 73 valence electrons. The van der Waals surface area contributed by atoms with Gasteiger partial charge in [-0.15, -0.1) is 12.4 Å². The molecule has 0 rings (SSSR count). The summed E-state index contributed by atoms with van der Waals surface area (Å²) in [6, 6.07) is 0. The van der Waals surface area contributed by atoms with Crippen molar-refractivity contribution in [1.82, 2.24) is 0 Å². The van der Waals surface area contributed by atoms with Crippen molar-refractivity contribution < 1.29 is 49.9 Å². The topological polar surface area (TPSA) is 189 Å². The third kappa shape index (κ3) is 378. The van der Waals surface area contributed by atoms with E-state index in [-0.39, 0.29) is 79.7 Å². The average Bonchev–Trinajstić information content (AvgIpc) is 0. The molecule has 0 unspecified atom stereocenters. The minimum absolute atomic E-state index is 0. The molecule has 0 heterocycles. The fraction of sp³-hybridized carbons (Fsp3) is 0. The largest absolute Gasteiger partial charge is 0.412 e. The predicted octanol–water partition coefficient (Wildman–Crippen LogP) is -5.71. The first-order valence-corrected chi connectivity index (χ1v) is 0. The van der Waals surface area contributed by atoms with Crippen molar-refractivity contribution in [2.75, 3.05) is 0 Å². The molecule has 6 nitrogen and oxygen atoms in total. The van der Waals surface area contributed by atoms with Crippen LogP contribution in [-0.2, 0) is 17.1 Å². The molecule has 1 radical (unpaired) electrons. The van der Waals surface area contributed by atoms with Crippen LogP contribution in [-0.4, -0.2) is 50.2 Å². The molecule has 0 aliphatic heterocycles. The van der Waals surface area contributed by atoms with Crippen LogP contribution in [0.2, 0.25) is 0 Å². The summed E-state index contributed by atoms with van der Waals surface area (Å²) in [5.41, 5.74) is 0. The van der Waals surface area contributed by atoms with Crippen molar-refractivity contribution >= 4 is 29.8 Å². The van der Waals surface area contributed by atoms with Crippen LogP contribution < -0.4 is 0 Å². The van der Waals surface area contributed by atoms with Gasteiger partial charge >= 0.3 is 0 Å². The van der Waals surface area contributed by atoms with Gasteiger partial charge in [0.1, 0.15) is 0 Å². The smallest absolute Gasteiger partial charge is 0.187 e. The molecule has 12 N–H and O–H groups in total. The molecule has 0 aromatic rings. The molecule has 0 aliphatic rings. The third-order valence-electron chi connectivity index (χ3n) is 0. The molecular weight excluding hydrogens is 222 g/mol. The first-order chi connectivity index (χ1) is 0. The molecule has 0 fully saturated rings. The number of rotatable bonds is 0. The maximum absolute atomic E-state index is 0. The molecule has 0 atom stereocenters. The van der Waals surface area contributed by atoms with Crippen LogP contribution in [0.3, 0.4) is 0 Å². The Labute approximate surface area is 79.9 Å². The van der Waals surface area contributed by atoms with Gasteiger partial charge in [-0.2, -0.15) is 0 Å². The van der Waals surface area contributed by atoms with Gasteiger partial charge in [0.15, 0.2) is 17.4 Å². The minimum Gasteiger partial charge on any atom is -0.412 e. The molecule has 0 saturated heterocycles. The fourth-order valence-electron chi connectivity index (χ4n) is 0. The van der Waals surface area contributed by atoms with Crippen molar-refractivity contribution in [3.63, 3.8) is 0 Å². The van der Waals surface area contributed by atoms with E-state index >= 15 is 0 Å². The van der Waals surface area contributed by atoms with Gasteiger partial charge in [0, 0.05) is 17.1 Å². The Hall–Kier alpha value is 1.10. The van der Waals surface area contributed by atoms with E-state index in [4.69, 9.17) is 0 Å². The normalized spacial score (nSPS) is 0. The van der Waals surface area contributed by atoms with Crippen molar-refractivity contribution in [1.29, 1.82) is 0 Å². The van der Waals surface area contributed by atoms with Crippen LogP contribution in [0.1, 0.15) is 0 Å². The summed E-state index contributed by atoms with van der Waals surface area (Å²) in [6.45, 7) is 0. The molecular formula is H16AlClCuO6. The van der Waals surface area contributed by atoms with Crippen LogP contribution in [0, 0.1) is 0 Å². The second-order valence-electron chi connectivity index (χ2n) is 0. The molecule has 0 bridgehead atoms. The monoisotopic (exact) mass is 237 g/mol. The molecule has 0 amide bonds. The van der Waals surface area contributed by atoms with Gasteiger partial charge in [0.05, 0.1) is 0 Å². The van der Waals surface area contributed by atoms with E-state index in [2.05, 4.69) is 0 Å². The summed E-state index contributed by atoms with van der Waals surface area (Å²) in [5, 5.41) is 0. The summed E-state index contributed by atoms with van der Waals surface area (Å²) in [4.78, 5) is 0.